The van der Waals surface area contributed by atoms with Gasteiger partial charge in [-0.25, -0.2) is 9.78 Å². The lowest BCUT2D eigenvalue weighted by atomic mass is 9.53. The van der Waals surface area contributed by atoms with E-state index in [2.05, 4.69) is 20.5 Å². The van der Waals surface area contributed by atoms with Gasteiger partial charge in [0.1, 0.15) is 12.2 Å². The van der Waals surface area contributed by atoms with Crippen molar-refractivity contribution in [2.45, 2.75) is 50.6 Å². The zero-order valence-corrected chi connectivity index (χ0v) is 12.5. The van der Waals surface area contributed by atoms with Gasteiger partial charge in [0.15, 0.2) is 0 Å². The summed E-state index contributed by atoms with van der Waals surface area (Å²) in [4.78, 5) is 18.3. The third-order valence-corrected chi connectivity index (χ3v) is 5.61. The average molecular weight is 289 g/mol. The van der Waals surface area contributed by atoms with Gasteiger partial charge in [-0.15, -0.1) is 0 Å². The van der Waals surface area contributed by atoms with Crippen LogP contribution in [0.4, 0.5) is 4.79 Å². The van der Waals surface area contributed by atoms with Crippen molar-refractivity contribution in [2.75, 3.05) is 7.05 Å². The molecule has 0 spiro atoms. The van der Waals surface area contributed by atoms with Crippen LogP contribution < -0.4 is 5.32 Å². The number of aromatic amines is 1. The number of nitrogens with zero attached hydrogens (tertiary/aromatic N) is 3. The second-order valence-electron chi connectivity index (χ2n) is 7.42. The van der Waals surface area contributed by atoms with Crippen LogP contribution in [-0.4, -0.2) is 38.7 Å². The number of rotatable bonds is 3. The largest absolute Gasteiger partial charge is 0.333 e. The summed E-state index contributed by atoms with van der Waals surface area (Å²) in [5, 5.41) is 9.98. The standard InChI is InChI=1S/C15H23N5O/c1-20(8-13-16-9-17-19-13)14(21)18-15-5-10-2-11(6-15)4-12(3-10)7-15/h9-12H,2-8H2,1H3,(H,18,21)(H,16,17,19). The molecule has 4 saturated carbocycles. The molecule has 4 aliphatic rings. The van der Waals surface area contributed by atoms with Crippen molar-refractivity contribution >= 4 is 6.03 Å². The van der Waals surface area contributed by atoms with Gasteiger partial charge in [0, 0.05) is 12.6 Å². The number of aromatic nitrogens is 3. The molecule has 0 aromatic carbocycles. The molecule has 0 aliphatic heterocycles. The number of hydrogen-bond acceptors (Lipinski definition) is 3. The Hall–Kier alpha value is -1.59. The van der Waals surface area contributed by atoms with Gasteiger partial charge in [-0.3, -0.25) is 5.10 Å². The molecule has 6 nitrogen and oxygen atoms in total. The third kappa shape index (κ3) is 2.40. The van der Waals surface area contributed by atoms with Gasteiger partial charge in [-0.1, -0.05) is 0 Å². The van der Waals surface area contributed by atoms with E-state index in [0.717, 1.165) is 23.6 Å². The molecule has 0 unspecified atom stereocenters. The fraction of sp³-hybridized carbons (Fsp3) is 0.800. The predicted molar refractivity (Wildman–Crippen MR) is 77.3 cm³/mol. The van der Waals surface area contributed by atoms with Crippen LogP contribution in [0.5, 0.6) is 0 Å². The number of amides is 2. The molecule has 21 heavy (non-hydrogen) atoms. The van der Waals surface area contributed by atoms with E-state index in [4.69, 9.17) is 0 Å². The summed E-state index contributed by atoms with van der Waals surface area (Å²) in [7, 11) is 1.82. The second-order valence-corrected chi connectivity index (χ2v) is 7.42. The van der Waals surface area contributed by atoms with E-state index in [9.17, 15) is 4.79 Å². The van der Waals surface area contributed by atoms with Crippen molar-refractivity contribution in [3.05, 3.63) is 12.2 Å². The molecule has 6 heteroatoms. The molecule has 114 valence electrons. The van der Waals surface area contributed by atoms with Gasteiger partial charge in [-0.05, 0) is 56.3 Å². The molecular weight excluding hydrogens is 266 g/mol. The van der Waals surface area contributed by atoms with Crippen LogP contribution >= 0.6 is 0 Å². The van der Waals surface area contributed by atoms with Crippen LogP contribution in [0, 0.1) is 17.8 Å². The van der Waals surface area contributed by atoms with E-state index in [-0.39, 0.29) is 11.6 Å². The minimum Gasteiger partial charge on any atom is -0.333 e. The van der Waals surface area contributed by atoms with E-state index in [1.54, 1.807) is 4.90 Å². The van der Waals surface area contributed by atoms with Crippen molar-refractivity contribution < 1.29 is 4.79 Å². The first-order chi connectivity index (χ1) is 10.1. The number of urea groups is 1. The van der Waals surface area contributed by atoms with E-state index in [1.165, 1.54) is 44.9 Å². The maximum absolute atomic E-state index is 12.5. The number of carbonyl (C=O) groups is 1. The Kier molecular flexibility index (Phi) is 2.94. The molecule has 4 bridgehead atoms. The van der Waals surface area contributed by atoms with Crippen LogP contribution in [-0.2, 0) is 6.54 Å². The van der Waals surface area contributed by atoms with E-state index in [0.29, 0.717) is 6.54 Å². The lowest BCUT2D eigenvalue weighted by molar-refractivity contribution is -0.0154. The normalized spacial score (nSPS) is 36.7. The SMILES string of the molecule is CN(Cc1ncn[nH]1)C(=O)NC12CC3CC(CC(C3)C1)C2. The highest BCUT2D eigenvalue weighted by Gasteiger charge is 2.51. The molecule has 0 atom stereocenters. The highest BCUT2D eigenvalue weighted by atomic mass is 16.2. The van der Waals surface area contributed by atoms with Gasteiger partial charge in [0.2, 0.25) is 0 Å². The molecule has 0 radical (unpaired) electrons. The van der Waals surface area contributed by atoms with E-state index >= 15 is 0 Å². The topological polar surface area (TPSA) is 73.9 Å². The molecule has 2 N–H and O–H groups in total. The van der Waals surface area contributed by atoms with Crippen LogP contribution in [0.2, 0.25) is 0 Å². The average Bonchev–Trinajstić information content (AvgIpc) is 2.89. The Balaban J connectivity index is 1.42. The third-order valence-electron chi connectivity index (χ3n) is 5.61. The molecule has 4 fully saturated rings. The quantitative estimate of drug-likeness (QED) is 0.892. The zero-order valence-electron chi connectivity index (χ0n) is 12.5. The van der Waals surface area contributed by atoms with Crippen molar-refractivity contribution in [2.24, 2.45) is 17.8 Å². The minimum absolute atomic E-state index is 0.0216. The number of hydrogen-bond donors (Lipinski definition) is 2. The Morgan fingerprint density at radius 2 is 1.95 bits per heavy atom. The molecular formula is C15H23N5O. The van der Waals surface area contributed by atoms with Gasteiger partial charge in [0.05, 0.1) is 6.54 Å². The minimum atomic E-state index is 0.0216. The first kappa shape index (κ1) is 13.1. The first-order valence-corrected chi connectivity index (χ1v) is 7.99. The summed E-state index contributed by atoms with van der Waals surface area (Å²) in [5.74, 6) is 3.25. The van der Waals surface area contributed by atoms with Crippen LogP contribution in [0.25, 0.3) is 0 Å². The number of carbonyl (C=O) groups excluding carboxylic acids is 1. The van der Waals surface area contributed by atoms with Gasteiger partial charge >= 0.3 is 6.03 Å². The van der Waals surface area contributed by atoms with E-state index in [1.807, 2.05) is 7.05 Å². The molecule has 0 saturated heterocycles. The Labute approximate surface area is 124 Å². The summed E-state index contributed by atoms with van der Waals surface area (Å²) in [6.45, 7) is 0.470. The van der Waals surface area contributed by atoms with Gasteiger partial charge in [0.25, 0.3) is 0 Å². The summed E-state index contributed by atoms with van der Waals surface area (Å²) >= 11 is 0. The summed E-state index contributed by atoms with van der Waals surface area (Å²) < 4.78 is 0. The lowest BCUT2D eigenvalue weighted by Crippen LogP contribution is -2.61. The van der Waals surface area contributed by atoms with Gasteiger partial charge in [-0.2, -0.15) is 5.10 Å². The fourth-order valence-electron chi connectivity index (χ4n) is 5.19. The first-order valence-electron chi connectivity index (χ1n) is 7.99. The van der Waals surface area contributed by atoms with Crippen molar-refractivity contribution in [1.82, 2.24) is 25.4 Å². The highest BCUT2D eigenvalue weighted by molar-refractivity contribution is 5.74. The summed E-state index contributed by atoms with van der Waals surface area (Å²) in [6.07, 6.45) is 9.19. The molecule has 4 aliphatic carbocycles. The summed E-state index contributed by atoms with van der Waals surface area (Å²) in [6, 6.07) is 0.0216. The smallest absolute Gasteiger partial charge is 0.317 e. The fourth-order valence-corrected chi connectivity index (χ4v) is 5.19. The molecule has 2 amide bonds. The number of nitrogens with one attached hydrogen (secondary N) is 2. The maximum Gasteiger partial charge on any atom is 0.317 e. The Morgan fingerprint density at radius 3 is 2.48 bits per heavy atom. The van der Waals surface area contributed by atoms with E-state index < -0.39 is 0 Å². The Bertz CT molecular complexity index is 491. The number of H-pyrrole nitrogens is 1. The molecule has 1 aromatic rings. The van der Waals surface area contributed by atoms with Crippen LogP contribution in [0.3, 0.4) is 0 Å². The van der Waals surface area contributed by atoms with Crippen molar-refractivity contribution in [3.8, 4) is 0 Å². The molecule has 5 rings (SSSR count). The summed E-state index contributed by atoms with van der Waals surface area (Å²) in [5.41, 5.74) is 0.0709. The predicted octanol–water partition coefficient (Wildman–Crippen LogP) is 1.91. The second kappa shape index (κ2) is 4.71. The van der Waals surface area contributed by atoms with Crippen molar-refractivity contribution in [1.29, 1.82) is 0 Å². The van der Waals surface area contributed by atoms with Crippen LogP contribution in [0.15, 0.2) is 6.33 Å². The lowest BCUT2D eigenvalue weighted by Gasteiger charge is -2.57. The van der Waals surface area contributed by atoms with Crippen molar-refractivity contribution in [3.63, 3.8) is 0 Å². The highest BCUT2D eigenvalue weighted by Crippen LogP contribution is 2.55. The van der Waals surface area contributed by atoms with Gasteiger partial charge < -0.3 is 10.2 Å². The monoisotopic (exact) mass is 289 g/mol. The molecule has 1 aromatic heterocycles. The Morgan fingerprint density at radius 1 is 1.33 bits per heavy atom. The van der Waals surface area contributed by atoms with Crippen LogP contribution in [0.1, 0.15) is 44.3 Å². The zero-order chi connectivity index (χ0) is 14.4. The molecule has 1 heterocycles. The maximum atomic E-state index is 12.5.